The molecule has 5 heteroatoms. The number of primary amides is 1. The highest BCUT2D eigenvalue weighted by Crippen LogP contribution is 2.15. The molecule has 2 atom stereocenters. The Hall–Kier alpha value is -1.20. The highest BCUT2D eigenvalue weighted by molar-refractivity contribution is 6.00. The van der Waals surface area contributed by atoms with Crippen LogP contribution in [0.4, 0.5) is 0 Å². The molecule has 0 saturated carbocycles. The Morgan fingerprint density at radius 3 is 2.25 bits per heavy atom. The summed E-state index contributed by atoms with van der Waals surface area (Å²) in [5, 5.41) is 12.8. The minimum atomic E-state index is -0.607. The summed E-state index contributed by atoms with van der Waals surface area (Å²) in [6.45, 7) is 10.6. The molecule has 0 aliphatic heterocycles. The highest BCUT2D eigenvalue weighted by atomic mass is 16.3. The van der Waals surface area contributed by atoms with E-state index in [4.69, 9.17) is 5.73 Å². The molecule has 5 nitrogen and oxygen atoms in total. The van der Waals surface area contributed by atoms with Gasteiger partial charge in [-0.3, -0.25) is 9.59 Å². The second-order valence-electron chi connectivity index (χ2n) is 5.40. The molecule has 0 aliphatic rings. The first-order chi connectivity index (χ1) is 9.31. The standard InChI is InChI=1S/C15H28N2O3/c1-5-13(18)11(4)12(15(16)20)6-8-17-9-7-14(19)10(2)3/h10,12,14,17,19H,4-9H2,1-3H3,(H2,16,20)/t12?,14-/m0/s1. The Labute approximate surface area is 121 Å². The van der Waals surface area contributed by atoms with Gasteiger partial charge >= 0.3 is 0 Å². The van der Waals surface area contributed by atoms with E-state index in [9.17, 15) is 14.7 Å². The third-order valence-corrected chi connectivity index (χ3v) is 3.44. The first kappa shape index (κ1) is 18.8. The molecule has 1 amide bonds. The summed E-state index contributed by atoms with van der Waals surface area (Å²) in [6, 6.07) is 0. The van der Waals surface area contributed by atoms with Crippen LogP contribution in [0.1, 0.15) is 40.0 Å². The van der Waals surface area contributed by atoms with Gasteiger partial charge in [-0.15, -0.1) is 0 Å². The van der Waals surface area contributed by atoms with Crippen LogP contribution < -0.4 is 11.1 Å². The molecule has 4 N–H and O–H groups in total. The summed E-state index contributed by atoms with van der Waals surface area (Å²) >= 11 is 0. The first-order valence-electron chi connectivity index (χ1n) is 7.21. The van der Waals surface area contributed by atoms with Crippen LogP contribution in [0.3, 0.4) is 0 Å². The van der Waals surface area contributed by atoms with Gasteiger partial charge in [0.15, 0.2) is 5.78 Å². The van der Waals surface area contributed by atoms with Crippen LogP contribution in [0.25, 0.3) is 0 Å². The Kier molecular flexibility index (Phi) is 9.08. The molecule has 0 spiro atoms. The zero-order valence-corrected chi connectivity index (χ0v) is 12.8. The van der Waals surface area contributed by atoms with E-state index in [2.05, 4.69) is 11.9 Å². The van der Waals surface area contributed by atoms with Gasteiger partial charge in [0.2, 0.25) is 5.91 Å². The van der Waals surface area contributed by atoms with Crippen molar-refractivity contribution in [2.75, 3.05) is 13.1 Å². The maximum Gasteiger partial charge on any atom is 0.225 e. The normalized spacial score (nSPS) is 14.1. The predicted molar refractivity (Wildman–Crippen MR) is 80.1 cm³/mol. The number of hydrogen-bond donors (Lipinski definition) is 3. The maximum absolute atomic E-state index is 11.6. The van der Waals surface area contributed by atoms with Crippen LogP contribution >= 0.6 is 0 Å². The van der Waals surface area contributed by atoms with Crippen LogP contribution in [0.5, 0.6) is 0 Å². The van der Waals surface area contributed by atoms with Gasteiger partial charge in [-0.05, 0) is 31.8 Å². The topological polar surface area (TPSA) is 92.4 Å². The smallest absolute Gasteiger partial charge is 0.225 e. The number of carbonyl (C=O) groups excluding carboxylic acids is 2. The third kappa shape index (κ3) is 6.82. The summed E-state index contributed by atoms with van der Waals surface area (Å²) in [7, 11) is 0. The molecule has 0 aromatic rings. The number of aliphatic hydroxyl groups is 1. The minimum Gasteiger partial charge on any atom is -0.393 e. The van der Waals surface area contributed by atoms with Crippen LogP contribution in [0.15, 0.2) is 12.2 Å². The lowest BCUT2D eigenvalue weighted by Gasteiger charge is -2.17. The van der Waals surface area contributed by atoms with Gasteiger partial charge in [0.05, 0.1) is 12.0 Å². The number of ketones is 1. The van der Waals surface area contributed by atoms with Crippen molar-refractivity contribution >= 4 is 11.7 Å². The van der Waals surface area contributed by atoms with Crippen LogP contribution in [0, 0.1) is 11.8 Å². The molecule has 0 aromatic heterocycles. The fourth-order valence-electron chi connectivity index (χ4n) is 1.86. The van der Waals surface area contributed by atoms with E-state index in [1.54, 1.807) is 6.92 Å². The van der Waals surface area contributed by atoms with Crippen molar-refractivity contribution < 1.29 is 14.7 Å². The molecule has 0 saturated heterocycles. The molecule has 1 unspecified atom stereocenters. The van der Waals surface area contributed by atoms with Crippen molar-refractivity contribution in [3.05, 3.63) is 12.2 Å². The van der Waals surface area contributed by atoms with Gasteiger partial charge in [0.1, 0.15) is 0 Å². The lowest BCUT2D eigenvalue weighted by atomic mass is 9.92. The number of nitrogens with one attached hydrogen (secondary N) is 1. The van der Waals surface area contributed by atoms with E-state index in [1.807, 2.05) is 13.8 Å². The Bertz CT molecular complexity index is 340. The summed E-state index contributed by atoms with van der Waals surface area (Å²) in [5.41, 5.74) is 5.61. The quantitative estimate of drug-likeness (QED) is 0.390. The Balaban J connectivity index is 4.09. The summed E-state index contributed by atoms with van der Waals surface area (Å²) in [6.07, 6.45) is 1.12. The summed E-state index contributed by atoms with van der Waals surface area (Å²) in [5.74, 6) is -1.01. The van der Waals surface area contributed by atoms with Crippen LogP contribution in [-0.2, 0) is 9.59 Å². The van der Waals surface area contributed by atoms with Crippen molar-refractivity contribution in [2.45, 2.75) is 46.1 Å². The lowest BCUT2D eigenvalue weighted by Crippen LogP contribution is -2.31. The minimum absolute atomic E-state index is 0.121. The summed E-state index contributed by atoms with van der Waals surface area (Å²) in [4.78, 5) is 22.9. The molecule has 116 valence electrons. The van der Waals surface area contributed by atoms with E-state index in [-0.39, 0.29) is 17.8 Å². The molecule has 0 aromatic carbocycles. The number of aliphatic hydroxyl groups excluding tert-OH is 1. The third-order valence-electron chi connectivity index (χ3n) is 3.44. The van der Waals surface area contributed by atoms with Crippen LogP contribution in [-0.4, -0.2) is 36.0 Å². The van der Waals surface area contributed by atoms with Gasteiger partial charge in [0, 0.05) is 12.0 Å². The molecule has 0 aliphatic carbocycles. The largest absolute Gasteiger partial charge is 0.393 e. The summed E-state index contributed by atoms with van der Waals surface area (Å²) < 4.78 is 0. The number of carbonyl (C=O) groups is 2. The van der Waals surface area contributed by atoms with Crippen molar-refractivity contribution in [3.63, 3.8) is 0 Å². The van der Waals surface area contributed by atoms with E-state index >= 15 is 0 Å². The van der Waals surface area contributed by atoms with Gasteiger partial charge < -0.3 is 16.2 Å². The first-order valence-corrected chi connectivity index (χ1v) is 7.21. The molecule has 0 radical (unpaired) electrons. The average Bonchev–Trinajstić information content (AvgIpc) is 2.40. The maximum atomic E-state index is 11.6. The highest BCUT2D eigenvalue weighted by Gasteiger charge is 2.22. The zero-order valence-electron chi connectivity index (χ0n) is 12.8. The van der Waals surface area contributed by atoms with Gasteiger partial charge in [-0.1, -0.05) is 27.4 Å². The van der Waals surface area contributed by atoms with E-state index in [1.165, 1.54) is 0 Å². The molecule has 0 heterocycles. The average molecular weight is 284 g/mol. The molecular weight excluding hydrogens is 256 g/mol. The second-order valence-corrected chi connectivity index (χ2v) is 5.40. The molecule has 0 rings (SSSR count). The van der Waals surface area contributed by atoms with Gasteiger partial charge in [-0.25, -0.2) is 0 Å². The Morgan fingerprint density at radius 1 is 1.25 bits per heavy atom. The molecule has 0 fully saturated rings. The number of nitrogens with two attached hydrogens (primary N) is 1. The van der Waals surface area contributed by atoms with E-state index in [0.29, 0.717) is 37.9 Å². The molecule has 20 heavy (non-hydrogen) atoms. The van der Waals surface area contributed by atoms with E-state index in [0.717, 1.165) is 0 Å². The molecular formula is C15H28N2O3. The predicted octanol–water partition coefficient (Wildman–Crippen LogP) is 1.01. The van der Waals surface area contributed by atoms with Gasteiger partial charge in [-0.2, -0.15) is 0 Å². The number of amides is 1. The Morgan fingerprint density at radius 2 is 1.80 bits per heavy atom. The van der Waals surface area contributed by atoms with Crippen molar-refractivity contribution in [1.82, 2.24) is 5.32 Å². The number of rotatable bonds is 11. The monoisotopic (exact) mass is 284 g/mol. The van der Waals surface area contributed by atoms with Crippen molar-refractivity contribution in [2.24, 2.45) is 17.6 Å². The second kappa shape index (κ2) is 9.66. The lowest BCUT2D eigenvalue weighted by molar-refractivity contribution is -0.123. The number of hydrogen-bond acceptors (Lipinski definition) is 4. The fraction of sp³-hybridized carbons (Fsp3) is 0.733. The van der Waals surface area contributed by atoms with Gasteiger partial charge in [0.25, 0.3) is 0 Å². The number of Topliss-reactive ketones (excluding diaryl/α,β-unsaturated/α-hetero) is 1. The van der Waals surface area contributed by atoms with E-state index < -0.39 is 11.8 Å². The SMILES string of the molecule is C=C(C(=O)CC)C(CCNCC[C@H](O)C(C)C)C(N)=O. The zero-order chi connectivity index (χ0) is 15.7. The van der Waals surface area contributed by atoms with Crippen LogP contribution in [0.2, 0.25) is 0 Å². The van der Waals surface area contributed by atoms with Crippen molar-refractivity contribution in [1.29, 1.82) is 0 Å². The fourth-order valence-corrected chi connectivity index (χ4v) is 1.86. The van der Waals surface area contributed by atoms with Crippen molar-refractivity contribution in [3.8, 4) is 0 Å². The molecule has 0 bridgehead atoms.